The zero-order valence-electron chi connectivity index (χ0n) is 15.5. The maximum atomic E-state index is 12.6. The van der Waals surface area contributed by atoms with Crippen LogP contribution in [0.2, 0.25) is 0 Å². The van der Waals surface area contributed by atoms with Gasteiger partial charge in [0.05, 0.1) is 25.1 Å². The van der Waals surface area contributed by atoms with Crippen LogP contribution in [-0.2, 0) is 14.8 Å². The zero-order chi connectivity index (χ0) is 18.4. The van der Waals surface area contributed by atoms with E-state index in [4.69, 9.17) is 9.47 Å². The van der Waals surface area contributed by atoms with E-state index in [1.165, 1.54) is 0 Å². The van der Waals surface area contributed by atoms with Crippen molar-refractivity contribution < 1.29 is 17.9 Å². The number of ether oxygens (including phenoxy) is 2. The van der Waals surface area contributed by atoms with E-state index in [1.54, 1.807) is 0 Å². The van der Waals surface area contributed by atoms with Gasteiger partial charge in [-0.25, -0.2) is 13.1 Å². The average molecular weight is 383 g/mol. The fourth-order valence-corrected chi connectivity index (χ4v) is 5.39. The molecule has 3 rings (SSSR count). The summed E-state index contributed by atoms with van der Waals surface area (Å²) in [4.78, 5) is 2.30. The Kier molecular flexibility index (Phi) is 6.92. The number of nitrogens with one attached hydrogen (secondary N) is 1. The number of nitrogens with zero attached hydrogens (tertiary/aromatic N) is 1. The van der Waals surface area contributed by atoms with Crippen molar-refractivity contribution in [3.05, 3.63) is 29.8 Å². The summed E-state index contributed by atoms with van der Waals surface area (Å²) in [6.07, 6.45) is 3.58. The van der Waals surface area contributed by atoms with Gasteiger partial charge in [0.1, 0.15) is 5.75 Å². The molecule has 7 heteroatoms. The zero-order valence-corrected chi connectivity index (χ0v) is 16.3. The van der Waals surface area contributed by atoms with Crippen LogP contribution in [0.5, 0.6) is 5.75 Å². The Labute approximate surface area is 156 Å². The summed E-state index contributed by atoms with van der Waals surface area (Å²) >= 11 is 0. The average Bonchev–Trinajstić information content (AvgIpc) is 3.20. The summed E-state index contributed by atoms with van der Waals surface area (Å²) in [5, 5.41) is -0.229. The molecule has 0 bridgehead atoms. The van der Waals surface area contributed by atoms with E-state index in [0.717, 1.165) is 50.1 Å². The molecule has 0 amide bonds. The highest BCUT2D eigenvalue weighted by Crippen LogP contribution is 2.27. The van der Waals surface area contributed by atoms with Crippen LogP contribution in [0.3, 0.4) is 0 Å². The number of benzene rings is 1. The molecule has 0 spiro atoms. The van der Waals surface area contributed by atoms with Crippen LogP contribution in [0.25, 0.3) is 0 Å². The predicted molar refractivity (Wildman–Crippen MR) is 102 cm³/mol. The summed E-state index contributed by atoms with van der Waals surface area (Å²) in [5.41, 5.74) is 1.10. The molecule has 1 unspecified atom stereocenters. The van der Waals surface area contributed by atoms with Gasteiger partial charge in [0.25, 0.3) is 0 Å². The monoisotopic (exact) mass is 382 g/mol. The molecule has 0 aromatic heterocycles. The molecule has 146 valence electrons. The molecule has 2 fully saturated rings. The van der Waals surface area contributed by atoms with Gasteiger partial charge in [0.2, 0.25) is 10.0 Å². The van der Waals surface area contributed by atoms with E-state index >= 15 is 0 Å². The first-order valence-electron chi connectivity index (χ1n) is 9.63. The van der Waals surface area contributed by atoms with Crippen LogP contribution in [0.15, 0.2) is 24.3 Å². The standard InChI is InChI=1S/C19H30N2O4S/c1-2-25-17-9-7-16(8-10-17)19(21-11-13-24-14-12-21)15-20-26(22,23)18-5-3-4-6-18/h7-10,18-20H,2-6,11-15H2,1H3. The van der Waals surface area contributed by atoms with Gasteiger partial charge < -0.3 is 9.47 Å². The molecule has 1 heterocycles. The van der Waals surface area contributed by atoms with Crippen LogP contribution in [0, 0.1) is 0 Å². The highest BCUT2D eigenvalue weighted by molar-refractivity contribution is 7.90. The van der Waals surface area contributed by atoms with Gasteiger partial charge in [0.15, 0.2) is 0 Å². The first-order chi connectivity index (χ1) is 12.6. The highest BCUT2D eigenvalue weighted by Gasteiger charge is 2.30. The van der Waals surface area contributed by atoms with Crippen LogP contribution in [0.4, 0.5) is 0 Å². The van der Waals surface area contributed by atoms with Gasteiger partial charge in [-0.05, 0) is 37.5 Å². The Morgan fingerprint density at radius 1 is 1.19 bits per heavy atom. The lowest BCUT2D eigenvalue weighted by molar-refractivity contribution is 0.0172. The summed E-state index contributed by atoms with van der Waals surface area (Å²) < 4.78 is 39.1. The third-order valence-corrected chi connectivity index (χ3v) is 7.20. The summed E-state index contributed by atoms with van der Waals surface area (Å²) in [6, 6.07) is 7.99. The third kappa shape index (κ3) is 4.97. The number of sulfonamides is 1. The Morgan fingerprint density at radius 2 is 1.85 bits per heavy atom. The van der Waals surface area contributed by atoms with Crippen molar-refractivity contribution >= 4 is 10.0 Å². The first kappa shape index (κ1) is 19.6. The van der Waals surface area contributed by atoms with Crippen molar-refractivity contribution in [3.8, 4) is 5.75 Å². The molecule has 1 saturated carbocycles. The molecule has 1 aromatic carbocycles. The van der Waals surface area contributed by atoms with Crippen LogP contribution >= 0.6 is 0 Å². The summed E-state index contributed by atoms with van der Waals surface area (Å²) in [5.74, 6) is 0.837. The molecule has 0 radical (unpaired) electrons. The van der Waals surface area contributed by atoms with E-state index in [0.29, 0.717) is 26.4 Å². The van der Waals surface area contributed by atoms with E-state index in [-0.39, 0.29) is 11.3 Å². The van der Waals surface area contributed by atoms with Gasteiger partial charge in [-0.2, -0.15) is 0 Å². The smallest absolute Gasteiger partial charge is 0.214 e. The van der Waals surface area contributed by atoms with E-state index < -0.39 is 10.0 Å². The molecule has 1 atom stereocenters. The fraction of sp³-hybridized carbons (Fsp3) is 0.684. The Hall–Kier alpha value is -1.15. The number of morpholine rings is 1. The molecule has 1 aromatic rings. The molecule has 2 aliphatic rings. The third-order valence-electron chi connectivity index (χ3n) is 5.28. The lowest BCUT2D eigenvalue weighted by Crippen LogP contribution is -2.45. The molecule has 1 N–H and O–H groups in total. The van der Waals surface area contributed by atoms with E-state index in [1.807, 2.05) is 31.2 Å². The molecule has 1 aliphatic carbocycles. The Balaban J connectivity index is 1.72. The van der Waals surface area contributed by atoms with E-state index in [2.05, 4.69) is 9.62 Å². The first-order valence-corrected chi connectivity index (χ1v) is 11.2. The number of hydrogen-bond acceptors (Lipinski definition) is 5. The van der Waals surface area contributed by atoms with Crippen molar-refractivity contribution in [2.45, 2.75) is 43.9 Å². The molecule has 26 heavy (non-hydrogen) atoms. The minimum absolute atomic E-state index is 0.00533. The second kappa shape index (κ2) is 9.17. The molecule has 6 nitrogen and oxygen atoms in total. The molecule has 1 saturated heterocycles. The highest BCUT2D eigenvalue weighted by atomic mass is 32.2. The number of hydrogen-bond donors (Lipinski definition) is 1. The lowest BCUT2D eigenvalue weighted by Gasteiger charge is -2.35. The summed E-state index contributed by atoms with van der Waals surface area (Å²) in [6.45, 7) is 5.97. The minimum Gasteiger partial charge on any atom is -0.494 e. The van der Waals surface area contributed by atoms with E-state index in [9.17, 15) is 8.42 Å². The van der Waals surface area contributed by atoms with Crippen LogP contribution in [0.1, 0.15) is 44.2 Å². The van der Waals surface area contributed by atoms with Crippen LogP contribution < -0.4 is 9.46 Å². The quantitative estimate of drug-likeness (QED) is 0.747. The second-order valence-corrected chi connectivity index (χ2v) is 9.01. The van der Waals surface area contributed by atoms with Crippen molar-refractivity contribution in [2.75, 3.05) is 39.5 Å². The fourth-order valence-electron chi connectivity index (χ4n) is 3.81. The van der Waals surface area contributed by atoms with Gasteiger partial charge in [-0.15, -0.1) is 0 Å². The normalized spacial score (nSPS) is 21.0. The predicted octanol–water partition coefficient (Wildman–Crippen LogP) is 2.32. The maximum Gasteiger partial charge on any atom is 0.214 e. The van der Waals surface area contributed by atoms with Gasteiger partial charge >= 0.3 is 0 Å². The Bertz CT molecular complexity index is 651. The van der Waals surface area contributed by atoms with Gasteiger partial charge in [-0.3, -0.25) is 4.90 Å². The van der Waals surface area contributed by atoms with Crippen molar-refractivity contribution in [3.63, 3.8) is 0 Å². The molecular weight excluding hydrogens is 352 g/mol. The molecule has 1 aliphatic heterocycles. The number of rotatable bonds is 8. The van der Waals surface area contributed by atoms with Gasteiger partial charge in [-0.1, -0.05) is 25.0 Å². The van der Waals surface area contributed by atoms with Crippen molar-refractivity contribution in [1.29, 1.82) is 0 Å². The van der Waals surface area contributed by atoms with Crippen LogP contribution in [-0.4, -0.2) is 58.0 Å². The SMILES string of the molecule is CCOc1ccc(C(CNS(=O)(=O)C2CCCC2)N2CCOCC2)cc1. The minimum atomic E-state index is -3.25. The maximum absolute atomic E-state index is 12.6. The van der Waals surface area contributed by atoms with Gasteiger partial charge in [0, 0.05) is 25.7 Å². The second-order valence-electron chi connectivity index (χ2n) is 6.97. The largest absolute Gasteiger partial charge is 0.494 e. The van der Waals surface area contributed by atoms with Crippen molar-refractivity contribution in [1.82, 2.24) is 9.62 Å². The van der Waals surface area contributed by atoms with Crippen molar-refractivity contribution in [2.24, 2.45) is 0 Å². The topological polar surface area (TPSA) is 67.9 Å². The summed E-state index contributed by atoms with van der Waals surface area (Å²) in [7, 11) is -3.25. The molecular formula is C19H30N2O4S. The lowest BCUT2D eigenvalue weighted by atomic mass is 10.0. The Morgan fingerprint density at radius 3 is 2.46 bits per heavy atom.